The van der Waals surface area contributed by atoms with Crippen LogP contribution >= 0.6 is 12.2 Å². The SMILES string of the molecule is CC(C)CNC(=S)Nc1cccc(Oc2ccccc2)c1. The Morgan fingerprint density at radius 2 is 1.76 bits per heavy atom. The highest BCUT2D eigenvalue weighted by atomic mass is 32.1. The largest absolute Gasteiger partial charge is 0.457 e. The van der Waals surface area contributed by atoms with Crippen molar-refractivity contribution in [2.45, 2.75) is 13.8 Å². The van der Waals surface area contributed by atoms with Gasteiger partial charge in [0.05, 0.1) is 0 Å². The quantitative estimate of drug-likeness (QED) is 0.801. The molecule has 4 heteroatoms. The summed E-state index contributed by atoms with van der Waals surface area (Å²) in [5, 5.41) is 6.97. The lowest BCUT2D eigenvalue weighted by molar-refractivity contribution is 0.483. The molecule has 21 heavy (non-hydrogen) atoms. The summed E-state index contributed by atoms with van der Waals surface area (Å²) in [6, 6.07) is 17.4. The standard InChI is InChI=1S/C17H20N2OS/c1-13(2)12-18-17(21)19-14-7-6-10-16(11-14)20-15-8-4-3-5-9-15/h3-11,13H,12H2,1-2H3,(H2,18,19,21). The summed E-state index contributed by atoms with van der Waals surface area (Å²) in [7, 11) is 0. The van der Waals surface area contributed by atoms with E-state index in [4.69, 9.17) is 17.0 Å². The Balaban J connectivity index is 1.96. The molecule has 2 aromatic rings. The monoisotopic (exact) mass is 300 g/mol. The highest BCUT2D eigenvalue weighted by Crippen LogP contribution is 2.23. The highest BCUT2D eigenvalue weighted by molar-refractivity contribution is 7.80. The molecule has 0 heterocycles. The average Bonchev–Trinajstić information content (AvgIpc) is 2.46. The lowest BCUT2D eigenvalue weighted by atomic mass is 10.2. The van der Waals surface area contributed by atoms with Gasteiger partial charge in [0.2, 0.25) is 0 Å². The molecule has 0 atom stereocenters. The Bertz CT molecular complexity index is 584. The normalized spacial score (nSPS) is 10.2. The molecule has 0 bridgehead atoms. The number of nitrogens with one attached hydrogen (secondary N) is 2. The molecule has 0 spiro atoms. The fourth-order valence-electron chi connectivity index (χ4n) is 1.73. The van der Waals surface area contributed by atoms with Gasteiger partial charge >= 0.3 is 0 Å². The van der Waals surface area contributed by atoms with Crippen LogP contribution in [0.4, 0.5) is 5.69 Å². The lowest BCUT2D eigenvalue weighted by Gasteiger charge is -2.13. The number of hydrogen-bond acceptors (Lipinski definition) is 2. The van der Waals surface area contributed by atoms with E-state index in [1.165, 1.54) is 0 Å². The molecule has 0 radical (unpaired) electrons. The predicted octanol–water partition coefficient (Wildman–Crippen LogP) is 4.42. The van der Waals surface area contributed by atoms with Crippen LogP contribution in [-0.4, -0.2) is 11.7 Å². The summed E-state index contributed by atoms with van der Waals surface area (Å²) < 4.78 is 5.80. The number of hydrogen-bond donors (Lipinski definition) is 2. The maximum absolute atomic E-state index is 5.80. The van der Waals surface area contributed by atoms with Crippen LogP contribution in [0.1, 0.15) is 13.8 Å². The Hall–Kier alpha value is -2.07. The molecule has 0 aromatic heterocycles. The van der Waals surface area contributed by atoms with Crippen molar-refractivity contribution in [2.75, 3.05) is 11.9 Å². The van der Waals surface area contributed by atoms with Crippen molar-refractivity contribution in [3.05, 3.63) is 54.6 Å². The summed E-state index contributed by atoms with van der Waals surface area (Å²) >= 11 is 5.26. The summed E-state index contributed by atoms with van der Waals surface area (Å²) in [4.78, 5) is 0. The van der Waals surface area contributed by atoms with E-state index in [0.717, 1.165) is 23.7 Å². The van der Waals surface area contributed by atoms with Crippen molar-refractivity contribution < 1.29 is 4.74 Å². The second kappa shape index (κ2) is 7.64. The van der Waals surface area contributed by atoms with Crippen molar-refractivity contribution >= 4 is 23.0 Å². The van der Waals surface area contributed by atoms with Gasteiger partial charge in [-0.1, -0.05) is 38.1 Å². The Morgan fingerprint density at radius 3 is 2.48 bits per heavy atom. The highest BCUT2D eigenvalue weighted by Gasteiger charge is 2.01. The van der Waals surface area contributed by atoms with Gasteiger partial charge in [0, 0.05) is 18.3 Å². The number of benzene rings is 2. The van der Waals surface area contributed by atoms with E-state index >= 15 is 0 Å². The molecule has 0 saturated carbocycles. The molecule has 0 aliphatic carbocycles. The van der Waals surface area contributed by atoms with E-state index in [2.05, 4.69) is 24.5 Å². The third-order valence-corrected chi connectivity index (χ3v) is 2.99. The minimum absolute atomic E-state index is 0.553. The van der Waals surface area contributed by atoms with Crippen LogP contribution < -0.4 is 15.4 Å². The smallest absolute Gasteiger partial charge is 0.170 e. The van der Waals surface area contributed by atoms with Gasteiger partial charge in [-0.25, -0.2) is 0 Å². The van der Waals surface area contributed by atoms with Crippen molar-refractivity contribution in [2.24, 2.45) is 5.92 Å². The third-order valence-electron chi connectivity index (χ3n) is 2.74. The molecule has 0 saturated heterocycles. The first-order valence-corrected chi connectivity index (χ1v) is 7.42. The predicted molar refractivity (Wildman–Crippen MR) is 92.0 cm³/mol. The molecule has 0 aliphatic rings. The molecule has 3 nitrogen and oxygen atoms in total. The summed E-state index contributed by atoms with van der Waals surface area (Å²) in [5.74, 6) is 2.14. The number of rotatable bonds is 5. The molecular formula is C17H20N2OS. The molecular weight excluding hydrogens is 280 g/mol. The van der Waals surface area contributed by atoms with Crippen molar-refractivity contribution in [3.8, 4) is 11.5 Å². The van der Waals surface area contributed by atoms with E-state index in [0.29, 0.717) is 11.0 Å². The average molecular weight is 300 g/mol. The maximum Gasteiger partial charge on any atom is 0.170 e. The first-order chi connectivity index (χ1) is 10.1. The minimum Gasteiger partial charge on any atom is -0.457 e. The topological polar surface area (TPSA) is 33.3 Å². The second-order valence-electron chi connectivity index (χ2n) is 5.17. The molecule has 2 rings (SSSR count). The van der Waals surface area contributed by atoms with Crippen LogP contribution in [0.5, 0.6) is 11.5 Å². The Kier molecular flexibility index (Phi) is 5.58. The fourth-order valence-corrected chi connectivity index (χ4v) is 1.94. The van der Waals surface area contributed by atoms with Gasteiger partial charge in [0.25, 0.3) is 0 Å². The maximum atomic E-state index is 5.80. The third kappa shape index (κ3) is 5.44. The van der Waals surface area contributed by atoms with Crippen molar-refractivity contribution in [1.82, 2.24) is 5.32 Å². The zero-order valence-electron chi connectivity index (χ0n) is 12.3. The van der Waals surface area contributed by atoms with Gasteiger partial charge in [0.1, 0.15) is 11.5 Å². The van der Waals surface area contributed by atoms with Crippen LogP contribution in [0, 0.1) is 5.92 Å². The van der Waals surface area contributed by atoms with Crippen LogP contribution in [0.25, 0.3) is 0 Å². The molecule has 0 unspecified atom stereocenters. The minimum atomic E-state index is 0.553. The second-order valence-corrected chi connectivity index (χ2v) is 5.58. The summed E-state index contributed by atoms with van der Waals surface area (Å²) in [6.07, 6.45) is 0. The number of anilines is 1. The number of para-hydroxylation sites is 1. The van der Waals surface area contributed by atoms with Gasteiger partial charge in [0.15, 0.2) is 5.11 Å². The van der Waals surface area contributed by atoms with Gasteiger partial charge in [-0.3, -0.25) is 0 Å². The number of thiocarbonyl (C=S) groups is 1. The van der Waals surface area contributed by atoms with Gasteiger partial charge < -0.3 is 15.4 Å². The first kappa shape index (κ1) is 15.3. The van der Waals surface area contributed by atoms with E-state index in [-0.39, 0.29) is 0 Å². The number of ether oxygens (including phenoxy) is 1. The fraction of sp³-hybridized carbons (Fsp3) is 0.235. The zero-order valence-corrected chi connectivity index (χ0v) is 13.1. The zero-order chi connectivity index (χ0) is 15.1. The van der Waals surface area contributed by atoms with Crippen molar-refractivity contribution in [1.29, 1.82) is 0 Å². The molecule has 0 fully saturated rings. The summed E-state index contributed by atoms with van der Waals surface area (Å²) in [5.41, 5.74) is 0.907. The van der Waals surface area contributed by atoms with E-state index in [1.807, 2.05) is 54.6 Å². The van der Waals surface area contributed by atoms with Crippen LogP contribution in [0.15, 0.2) is 54.6 Å². The van der Waals surface area contributed by atoms with Crippen LogP contribution in [-0.2, 0) is 0 Å². The first-order valence-electron chi connectivity index (χ1n) is 7.01. The Morgan fingerprint density at radius 1 is 1.05 bits per heavy atom. The molecule has 2 N–H and O–H groups in total. The van der Waals surface area contributed by atoms with E-state index in [9.17, 15) is 0 Å². The lowest BCUT2D eigenvalue weighted by Crippen LogP contribution is -2.31. The van der Waals surface area contributed by atoms with E-state index in [1.54, 1.807) is 0 Å². The molecule has 2 aromatic carbocycles. The van der Waals surface area contributed by atoms with Crippen LogP contribution in [0.2, 0.25) is 0 Å². The van der Waals surface area contributed by atoms with Crippen LogP contribution in [0.3, 0.4) is 0 Å². The molecule has 0 amide bonds. The Labute approximate surface area is 131 Å². The van der Waals surface area contributed by atoms with Gasteiger partial charge in [-0.15, -0.1) is 0 Å². The van der Waals surface area contributed by atoms with Gasteiger partial charge in [-0.2, -0.15) is 0 Å². The molecule has 110 valence electrons. The van der Waals surface area contributed by atoms with E-state index < -0.39 is 0 Å². The molecule has 0 aliphatic heterocycles. The van der Waals surface area contributed by atoms with Gasteiger partial charge in [-0.05, 0) is 42.4 Å². The van der Waals surface area contributed by atoms with Crippen molar-refractivity contribution in [3.63, 3.8) is 0 Å². The summed E-state index contributed by atoms with van der Waals surface area (Å²) in [6.45, 7) is 5.14.